The van der Waals surface area contributed by atoms with Gasteiger partial charge in [-0.05, 0) is 24.5 Å². The van der Waals surface area contributed by atoms with Crippen LogP contribution in [0, 0.1) is 0 Å². The van der Waals surface area contributed by atoms with Gasteiger partial charge in [-0.25, -0.2) is 0 Å². The first kappa shape index (κ1) is 12.5. The molecule has 2 heteroatoms. The Morgan fingerprint density at radius 3 is 2.37 bits per heavy atom. The van der Waals surface area contributed by atoms with Gasteiger partial charge >= 0.3 is 0 Å². The quantitative estimate of drug-likeness (QED) is 0.893. The van der Waals surface area contributed by atoms with Crippen molar-refractivity contribution < 1.29 is 4.42 Å². The molecule has 0 spiro atoms. The van der Waals surface area contributed by atoms with Crippen molar-refractivity contribution in [2.75, 3.05) is 0 Å². The SMILES string of the molecule is NC(c1ccoc1)C1(c2ccccc2)CCCCC1. The zero-order valence-electron chi connectivity index (χ0n) is 11.2. The van der Waals surface area contributed by atoms with Gasteiger partial charge in [0, 0.05) is 17.0 Å². The summed E-state index contributed by atoms with van der Waals surface area (Å²) in [6, 6.07) is 12.8. The van der Waals surface area contributed by atoms with Gasteiger partial charge in [-0.2, -0.15) is 0 Å². The fourth-order valence-electron chi connectivity index (χ4n) is 3.50. The molecule has 1 atom stereocenters. The summed E-state index contributed by atoms with van der Waals surface area (Å²) in [5.41, 5.74) is 9.19. The Labute approximate surface area is 114 Å². The van der Waals surface area contributed by atoms with E-state index >= 15 is 0 Å². The van der Waals surface area contributed by atoms with Crippen molar-refractivity contribution >= 4 is 0 Å². The summed E-state index contributed by atoms with van der Waals surface area (Å²) in [6.45, 7) is 0. The van der Waals surface area contributed by atoms with Crippen LogP contribution in [0.15, 0.2) is 53.3 Å². The van der Waals surface area contributed by atoms with Crippen LogP contribution in [0.5, 0.6) is 0 Å². The van der Waals surface area contributed by atoms with Crippen LogP contribution in [-0.4, -0.2) is 0 Å². The average molecular weight is 255 g/mol. The third-order valence-electron chi connectivity index (χ3n) is 4.59. The molecule has 1 aromatic heterocycles. The molecule has 0 saturated heterocycles. The van der Waals surface area contributed by atoms with Crippen LogP contribution in [-0.2, 0) is 5.41 Å². The van der Waals surface area contributed by atoms with Crippen LogP contribution < -0.4 is 5.73 Å². The van der Waals surface area contributed by atoms with Crippen LogP contribution in [0.2, 0.25) is 0 Å². The lowest BCUT2D eigenvalue weighted by Crippen LogP contribution is -2.40. The largest absolute Gasteiger partial charge is 0.472 e. The summed E-state index contributed by atoms with van der Waals surface area (Å²) >= 11 is 0. The van der Waals surface area contributed by atoms with E-state index in [2.05, 4.69) is 30.3 Å². The van der Waals surface area contributed by atoms with Crippen molar-refractivity contribution in [3.63, 3.8) is 0 Å². The maximum atomic E-state index is 6.62. The third kappa shape index (κ3) is 2.21. The highest BCUT2D eigenvalue weighted by molar-refractivity contribution is 5.32. The van der Waals surface area contributed by atoms with E-state index in [1.165, 1.54) is 37.7 Å². The molecule has 0 amide bonds. The fourth-order valence-corrected chi connectivity index (χ4v) is 3.50. The van der Waals surface area contributed by atoms with E-state index in [4.69, 9.17) is 10.2 Å². The molecular weight excluding hydrogens is 234 g/mol. The Balaban J connectivity index is 2.02. The number of benzene rings is 1. The molecule has 1 aliphatic carbocycles. The average Bonchev–Trinajstić information content (AvgIpc) is 3.02. The summed E-state index contributed by atoms with van der Waals surface area (Å²) in [4.78, 5) is 0. The Morgan fingerprint density at radius 1 is 1.00 bits per heavy atom. The van der Waals surface area contributed by atoms with Gasteiger partial charge in [0.05, 0.1) is 12.5 Å². The first-order chi connectivity index (χ1) is 9.33. The zero-order valence-corrected chi connectivity index (χ0v) is 11.2. The minimum atomic E-state index is 0.0222. The van der Waals surface area contributed by atoms with Crippen molar-refractivity contribution in [3.8, 4) is 0 Å². The van der Waals surface area contributed by atoms with Gasteiger partial charge in [-0.1, -0.05) is 49.6 Å². The minimum absolute atomic E-state index is 0.0222. The number of nitrogens with two attached hydrogens (primary N) is 1. The molecule has 1 aliphatic rings. The van der Waals surface area contributed by atoms with E-state index in [1.54, 1.807) is 12.5 Å². The van der Waals surface area contributed by atoms with Crippen LogP contribution in [0.3, 0.4) is 0 Å². The van der Waals surface area contributed by atoms with Crippen molar-refractivity contribution in [2.24, 2.45) is 5.73 Å². The second-order valence-electron chi connectivity index (χ2n) is 5.62. The first-order valence-electron chi connectivity index (χ1n) is 7.16. The predicted molar refractivity (Wildman–Crippen MR) is 76.8 cm³/mol. The molecular formula is C17H21NO. The molecule has 1 saturated carbocycles. The van der Waals surface area contributed by atoms with Crippen molar-refractivity contribution in [3.05, 3.63) is 60.1 Å². The van der Waals surface area contributed by atoms with Crippen LogP contribution in [0.25, 0.3) is 0 Å². The van der Waals surface area contributed by atoms with Gasteiger partial charge in [-0.3, -0.25) is 0 Å². The monoisotopic (exact) mass is 255 g/mol. The standard InChI is InChI=1S/C17H21NO/c18-16(14-9-12-19-13-14)17(10-5-2-6-11-17)15-7-3-1-4-8-15/h1,3-4,7-9,12-13,16H,2,5-6,10-11,18H2. The maximum Gasteiger partial charge on any atom is 0.0950 e. The number of hydrogen-bond donors (Lipinski definition) is 1. The van der Waals surface area contributed by atoms with Crippen molar-refractivity contribution in [1.82, 2.24) is 0 Å². The fraction of sp³-hybridized carbons (Fsp3) is 0.412. The number of hydrogen-bond acceptors (Lipinski definition) is 2. The van der Waals surface area contributed by atoms with Gasteiger partial charge < -0.3 is 10.2 Å². The Morgan fingerprint density at radius 2 is 1.74 bits per heavy atom. The lowest BCUT2D eigenvalue weighted by atomic mass is 9.64. The maximum absolute atomic E-state index is 6.62. The minimum Gasteiger partial charge on any atom is -0.472 e. The summed E-state index contributed by atoms with van der Waals surface area (Å²) in [7, 11) is 0. The highest BCUT2D eigenvalue weighted by Gasteiger charge is 2.40. The Hall–Kier alpha value is -1.54. The molecule has 0 radical (unpaired) electrons. The normalized spacial score (nSPS) is 20.1. The van der Waals surface area contributed by atoms with Crippen molar-refractivity contribution in [1.29, 1.82) is 0 Å². The smallest absolute Gasteiger partial charge is 0.0950 e. The Bertz CT molecular complexity index is 497. The van der Waals surface area contributed by atoms with Gasteiger partial charge in [0.15, 0.2) is 0 Å². The van der Waals surface area contributed by atoms with Crippen LogP contribution in [0.1, 0.15) is 49.3 Å². The molecule has 2 N–H and O–H groups in total. The molecule has 1 unspecified atom stereocenters. The van der Waals surface area contributed by atoms with E-state index in [-0.39, 0.29) is 11.5 Å². The van der Waals surface area contributed by atoms with E-state index in [9.17, 15) is 0 Å². The third-order valence-corrected chi connectivity index (χ3v) is 4.59. The van der Waals surface area contributed by atoms with Gasteiger partial charge in [0.25, 0.3) is 0 Å². The topological polar surface area (TPSA) is 39.2 Å². The van der Waals surface area contributed by atoms with Gasteiger partial charge in [-0.15, -0.1) is 0 Å². The van der Waals surface area contributed by atoms with Crippen LogP contribution >= 0.6 is 0 Å². The summed E-state index contributed by atoms with van der Waals surface area (Å²) in [5.74, 6) is 0. The summed E-state index contributed by atoms with van der Waals surface area (Å²) in [6.07, 6.45) is 9.71. The van der Waals surface area contributed by atoms with Crippen LogP contribution in [0.4, 0.5) is 0 Å². The lowest BCUT2D eigenvalue weighted by Gasteiger charge is -2.42. The lowest BCUT2D eigenvalue weighted by molar-refractivity contribution is 0.243. The summed E-state index contributed by atoms with van der Waals surface area (Å²) < 4.78 is 5.23. The van der Waals surface area contributed by atoms with Gasteiger partial charge in [0.1, 0.15) is 0 Å². The molecule has 2 aromatic rings. The number of furan rings is 1. The van der Waals surface area contributed by atoms with E-state index in [0.29, 0.717) is 0 Å². The molecule has 1 heterocycles. The van der Waals surface area contributed by atoms with E-state index in [0.717, 1.165) is 5.56 Å². The molecule has 2 nitrogen and oxygen atoms in total. The second kappa shape index (κ2) is 5.22. The highest BCUT2D eigenvalue weighted by atomic mass is 16.3. The molecule has 1 fully saturated rings. The molecule has 19 heavy (non-hydrogen) atoms. The molecule has 3 rings (SSSR count). The molecule has 100 valence electrons. The Kier molecular flexibility index (Phi) is 3.43. The molecule has 1 aromatic carbocycles. The first-order valence-corrected chi connectivity index (χ1v) is 7.16. The summed E-state index contributed by atoms with van der Waals surface area (Å²) in [5, 5.41) is 0. The molecule has 0 aliphatic heterocycles. The van der Waals surface area contributed by atoms with Gasteiger partial charge in [0.2, 0.25) is 0 Å². The zero-order chi connectivity index (χ0) is 13.1. The number of rotatable bonds is 3. The second-order valence-corrected chi connectivity index (χ2v) is 5.62. The van der Waals surface area contributed by atoms with E-state index in [1.807, 2.05) is 6.07 Å². The predicted octanol–water partition coefficient (Wildman–Crippen LogP) is 4.18. The highest BCUT2D eigenvalue weighted by Crippen LogP contribution is 2.47. The molecule has 0 bridgehead atoms. The van der Waals surface area contributed by atoms with Crippen molar-refractivity contribution in [2.45, 2.75) is 43.6 Å². The van der Waals surface area contributed by atoms with E-state index < -0.39 is 0 Å².